The van der Waals surface area contributed by atoms with E-state index < -0.39 is 11.7 Å². The predicted molar refractivity (Wildman–Crippen MR) is 164 cm³/mol. The molecule has 2 saturated carbocycles. The summed E-state index contributed by atoms with van der Waals surface area (Å²) in [5.41, 5.74) is 9.55. The summed E-state index contributed by atoms with van der Waals surface area (Å²) >= 11 is 0. The highest BCUT2D eigenvalue weighted by molar-refractivity contribution is 6.04. The molecule has 220 valence electrons. The van der Waals surface area contributed by atoms with Crippen LogP contribution in [-0.4, -0.2) is 42.6 Å². The van der Waals surface area contributed by atoms with E-state index in [-0.39, 0.29) is 40.2 Å². The van der Waals surface area contributed by atoms with E-state index in [1.165, 1.54) is 6.07 Å². The quantitative estimate of drug-likeness (QED) is 0.256. The van der Waals surface area contributed by atoms with Gasteiger partial charge in [0.15, 0.2) is 0 Å². The molecule has 44 heavy (non-hydrogen) atoms. The molecule has 5 aromatic rings. The number of benzene rings is 2. The van der Waals surface area contributed by atoms with Crippen molar-refractivity contribution in [3.8, 4) is 22.4 Å². The number of nitrogens with one attached hydrogen (secondary N) is 1. The number of nitrogen functional groups attached to an aromatic ring is 1. The zero-order chi connectivity index (χ0) is 30.0. The van der Waals surface area contributed by atoms with Crippen LogP contribution in [0.15, 0.2) is 79.3 Å². The van der Waals surface area contributed by atoms with Crippen molar-refractivity contribution >= 4 is 29.0 Å². The number of nitrogens with zero attached hydrogens (tertiary/aromatic N) is 5. The molecule has 1 aliphatic heterocycles. The van der Waals surface area contributed by atoms with Gasteiger partial charge in [0.05, 0.1) is 6.04 Å². The summed E-state index contributed by atoms with van der Waals surface area (Å²) in [6.45, 7) is 0.735. The van der Waals surface area contributed by atoms with Crippen molar-refractivity contribution in [2.75, 3.05) is 17.6 Å². The SMILES string of the molecule is Nc1nccn2c([C@@H]3CC4(CC4)CN3C(=O)C3CC3)nc(-c3ccc(C(=O)Nc4cc(-c5ccccc5)ccn4)cc3F)c12. The van der Waals surface area contributed by atoms with E-state index in [2.05, 4.69) is 15.3 Å². The topological polar surface area (TPSA) is 119 Å². The number of hydrogen-bond donors (Lipinski definition) is 2. The van der Waals surface area contributed by atoms with Crippen molar-refractivity contribution in [2.45, 2.75) is 38.1 Å². The summed E-state index contributed by atoms with van der Waals surface area (Å²) in [7, 11) is 0. The number of fused-ring (bicyclic) bond motifs is 1. The predicted octanol–water partition coefficient (Wildman–Crippen LogP) is 5.90. The molecule has 8 rings (SSSR count). The molecule has 3 fully saturated rings. The fraction of sp³-hybridized carbons (Fsp3) is 0.265. The number of carbonyl (C=O) groups is 2. The Morgan fingerprint density at radius 3 is 2.55 bits per heavy atom. The van der Waals surface area contributed by atoms with Crippen LogP contribution in [-0.2, 0) is 4.79 Å². The number of likely N-dealkylation sites (tertiary alicyclic amines) is 1. The Hall–Kier alpha value is -5.12. The lowest BCUT2D eigenvalue weighted by atomic mass is 10.0. The van der Waals surface area contributed by atoms with Gasteiger partial charge in [-0.2, -0.15) is 0 Å². The Kier molecular flexibility index (Phi) is 6.01. The smallest absolute Gasteiger partial charge is 0.256 e. The minimum Gasteiger partial charge on any atom is -0.382 e. The molecule has 9 nitrogen and oxygen atoms in total. The Bertz CT molecular complexity index is 1950. The molecule has 1 saturated heterocycles. The molecule has 0 unspecified atom stereocenters. The average Bonchev–Trinajstić information content (AvgIpc) is 3.95. The van der Waals surface area contributed by atoms with Gasteiger partial charge < -0.3 is 16.0 Å². The third-order valence-corrected chi connectivity index (χ3v) is 9.18. The summed E-state index contributed by atoms with van der Waals surface area (Å²) in [5, 5.41) is 2.77. The fourth-order valence-electron chi connectivity index (χ4n) is 6.48. The number of nitrogens with two attached hydrogens (primary N) is 1. The van der Waals surface area contributed by atoms with Crippen molar-refractivity contribution in [3.63, 3.8) is 0 Å². The zero-order valence-electron chi connectivity index (χ0n) is 23.9. The van der Waals surface area contributed by atoms with Crippen LogP contribution in [0, 0.1) is 17.2 Å². The molecule has 10 heteroatoms. The normalized spacial score (nSPS) is 18.6. The van der Waals surface area contributed by atoms with E-state index in [4.69, 9.17) is 10.7 Å². The number of anilines is 2. The van der Waals surface area contributed by atoms with Crippen molar-refractivity contribution < 1.29 is 14.0 Å². The van der Waals surface area contributed by atoms with Crippen LogP contribution in [0.2, 0.25) is 0 Å². The minimum atomic E-state index is -0.616. The maximum atomic E-state index is 15.8. The van der Waals surface area contributed by atoms with Crippen molar-refractivity contribution in [2.24, 2.45) is 11.3 Å². The lowest BCUT2D eigenvalue weighted by Gasteiger charge is -2.24. The fourth-order valence-corrected chi connectivity index (χ4v) is 6.48. The molecule has 0 bridgehead atoms. The number of carbonyl (C=O) groups excluding carboxylic acids is 2. The van der Waals surface area contributed by atoms with Gasteiger partial charge in [0.1, 0.15) is 34.5 Å². The number of rotatable bonds is 6. The van der Waals surface area contributed by atoms with E-state index >= 15 is 4.39 Å². The minimum absolute atomic E-state index is 0.0935. The van der Waals surface area contributed by atoms with Crippen LogP contribution < -0.4 is 11.1 Å². The summed E-state index contributed by atoms with van der Waals surface area (Å²) in [5.74, 6) is 0.410. The van der Waals surface area contributed by atoms with Crippen LogP contribution in [0.3, 0.4) is 0 Å². The molecular formula is C34H30FN7O2. The summed E-state index contributed by atoms with van der Waals surface area (Å²) < 4.78 is 17.7. The summed E-state index contributed by atoms with van der Waals surface area (Å²) in [4.78, 5) is 41.9. The number of imidazole rings is 1. The van der Waals surface area contributed by atoms with Crippen LogP contribution in [0.25, 0.3) is 27.9 Å². The van der Waals surface area contributed by atoms with E-state index in [0.29, 0.717) is 22.9 Å². The molecule has 3 aliphatic rings. The van der Waals surface area contributed by atoms with Gasteiger partial charge >= 0.3 is 0 Å². The number of halogens is 1. The first-order valence-corrected chi connectivity index (χ1v) is 14.9. The van der Waals surface area contributed by atoms with Gasteiger partial charge in [-0.25, -0.2) is 19.3 Å². The van der Waals surface area contributed by atoms with Gasteiger partial charge in [-0.1, -0.05) is 30.3 Å². The van der Waals surface area contributed by atoms with E-state index in [1.54, 1.807) is 36.8 Å². The van der Waals surface area contributed by atoms with Crippen LogP contribution in [0.4, 0.5) is 16.0 Å². The number of aromatic nitrogens is 4. The molecule has 3 aromatic heterocycles. The molecule has 2 aromatic carbocycles. The van der Waals surface area contributed by atoms with Crippen LogP contribution in [0.5, 0.6) is 0 Å². The third kappa shape index (κ3) is 4.57. The molecule has 4 heterocycles. The van der Waals surface area contributed by atoms with E-state index in [1.807, 2.05) is 45.7 Å². The van der Waals surface area contributed by atoms with Crippen LogP contribution >= 0.6 is 0 Å². The average molecular weight is 588 g/mol. The monoisotopic (exact) mass is 587 g/mol. The Balaban J connectivity index is 1.12. The molecule has 1 atom stereocenters. The summed E-state index contributed by atoms with van der Waals surface area (Å²) in [6, 6.07) is 17.5. The first-order valence-electron chi connectivity index (χ1n) is 14.9. The number of amides is 2. The maximum absolute atomic E-state index is 15.8. The van der Waals surface area contributed by atoms with Crippen LogP contribution in [0.1, 0.15) is 54.3 Å². The number of pyridine rings is 1. The number of hydrogen-bond acceptors (Lipinski definition) is 6. The molecule has 3 N–H and O–H groups in total. The van der Waals surface area contributed by atoms with Gasteiger partial charge in [-0.3, -0.25) is 14.0 Å². The highest BCUT2D eigenvalue weighted by atomic mass is 19.1. The van der Waals surface area contributed by atoms with Gasteiger partial charge in [-0.05, 0) is 79.0 Å². The van der Waals surface area contributed by atoms with Gasteiger partial charge in [0.25, 0.3) is 5.91 Å². The lowest BCUT2D eigenvalue weighted by Crippen LogP contribution is -2.33. The largest absolute Gasteiger partial charge is 0.382 e. The standard InChI is InChI=1S/C34H30FN7O2/c35-25-16-23(32(43)39-27-17-22(10-13-37-27)20-4-2-1-3-5-20)8-9-24(25)28-29-30(36)38-14-15-41(29)31(40-28)26-18-34(11-12-34)19-42(26)33(44)21-6-7-21/h1-5,8-10,13-17,21,26H,6-7,11-12,18-19H2,(H2,36,38)(H,37,39,43)/t26-/m0/s1. The summed E-state index contributed by atoms with van der Waals surface area (Å²) in [6.07, 6.45) is 9.87. The van der Waals surface area contributed by atoms with Crippen molar-refractivity contribution in [1.29, 1.82) is 0 Å². The van der Waals surface area contributed by atoms with Crippen molar-refractivity contribution in [3.05, 3.63) is 96.5 Å². The van der Waals surface area contributed by atoms with E-state index in [9.17, 15) is 9.59 Å². The van der Waals surface area contributed by atoms with Gasteiger partial charge in [0.2, 0.25) is 5.91 Å². The van der Waals surface area contributed by atoms with Gasteiger partial charge in [0, 0.05) is 42.2 Å². The highest BCUT2D eigenvalue weighted by Gasteiger charge is 2.56. The third-order valence-electron chi connectivity index (χ3n) is 9.18. The lowest BCUT2D eigenvalue weighted by molar-refractivity contribution is -0.133. The molecule has 2 amide bonds. The Morgan fingerprint density at radius 2 is 1.80 bits per heavy atom. The van der Waals surface area contributed by atoms with E-state index in [0.717, 1.165) is 49.8 Å². The molecule has 0 radical (unpaired) electrons. The molecule has 1 spiro atoms. The first-order chi connectivity index (χ1) is 21.4. The molecule has 2 aliphatic carbocycles. The second kappa shape index (κ2) is 9.97. The Morgan fingerprint density at radius 1 is 0.977 bits per heavy atom. The first kappa shape index (κ1) is 26.5. The van der Waals surface area contributed by atoms with Gasteiger partial charge in [-0.15, -0.1) is 0 Å². The second-order valence-corrected chi connectivity index (χ2v) is 12.3. The molecular weight excluding hydrogens is 557 g/mol. The Labute approximate surface area is 253 Å². The second-order valence-electron chi connectivity index (χ2n) is 12.3. The van der Waals surface area contributed by atoms with Crippen molar-refractivity contribution in [1.82, 2.24) is 24.3 Å². The maximum Gasteiger partial charge on any atom is 0.256 e. The zero-order valence-corrected chi connectivity index (χ0v) is 23.9. The highest BCUT2D eigenvalue weighted by Crippen LogP contribution is 2.59.